The highest BCUT2D eigenvalue weighted by molar-refractivity contribution is 5.78. The van der Waals surface area contributed by atoms with E-state index in [0.717, 1.165) is 41.9 Å². The number of rotatable bonds is 5. The molecular weight excluding hydrogens is 330 g/mol. The van der Waals surface area contributed by atoms with Crippen LogP contribution in [0.5, 0.6) is 0 Å². The maximum Gasteiger partial charge on any atom is 0.225 e. The van der Waals surface area contributed by atoms with E-state index in [-0.39, 0.29) is 11.9 Å². The SMILES string of the molecule is CNc1cncc([C@@H]2CCCN2C(=O)CCn2nnc3ccccc32)n1. The molecule has 0 aliphatic carbocycles. The number of para-hydroxylation sites is 1. The molecule has 1 saturated heterocycles. The number of aryl methyl sites for hydroxylation is 1. The van der Waals surface area contributed by atoms with Gasteiger partial charge in [-0.3, -0.25) is 9.78 Å². The average Bonchev–Trinajstić information content (AvgIpc) is 3.33. The van der Waals surface area contributed by atoms with Crippen molar-refractivity contribution >= 4 is 22.8 Å². The van der Waals surface area contributed by atoms with Crippen LogP contribution in [-0.4, -0.2) is 49.4 Å². The Bertz CT molecular complexity index is 923. The lowest BCUT2D eigenvalue weighted by atomic mass is 10.1. The zero-order chi connectivity index (χ0) is 17.9. The number of carbonyl (C=O) groups excluding carboxylic acids is 1. The van der Waals surface area contributed by atoms with Gasteiger partial charge in [-0.2, -0.15) is 0 Å². The second-order valence-corrected chi connectivity index (χ2v) is 6.38. The highest BCUT2D eigenvalue weighted by Gasteiger charge is 2.31. The molecule has 1 aliphatic rings. The number of hydrogen-bond donors (Lipinski definition) is 1. The van der Waals surface area contributed by atoms with Crippen molar-refractivity contribution in [2.45, 2.75) is 31.8 Å². The number of hydrogen-bond acceptors (Lipinski definition) is 6. The van der Waals surface area contributed by atoms with Crippen LogP contribution in [0.3, 0.4) is 0 Å². The predicted molar refractivity (Wildman–Crippen MR) is 97.4 cm³/mol. The van der Waals surface area contributed by atoms with Crippen LogP contribution in [0.15, 0.2) is 36.7 Å². The Labute approximate surface area is 151 Å². The highest BCUT2D eigenvalue weighted by Crippen LogP contribution is 2.31. The van der Waals surface area contributed by atoms with Crippen LogP contribution in [-0.2, 0) is 11.3 Å². The molecule has 0 bridgehead atoms. The van der Waals surface area contributed by atoms with Crippen LogP contribution < -0.4 is 5.32 Å². The molecule has 1 amide bonds. The third-order valence-corrected chi connectivity index (χ3v) is 4.78. The van der Waals surface area contributed by atoms with E-state index >= 15 is 0 Å². The van der Waals surface area contributed by atoms with E-state index in [9.17, 15) is 4.79 Å². The predicted octanol–water partition coefficient (Wildman–Crippen LogP) is 2.02. The normalized spacial score (nSPS) is 17.0. The summed E-state index contributed by atoms with van der Waals surface area (Å²) in [5, 5.41) is 11.3. The first-order chi connectivity index (χ1) is 12.8. The van der Waals surface area contributed by atoms with Crippen LogP contribution in [0.2, 0.25) is 0 Å². The highest BCUT2D eigenvalue weighted by atomic mass is 16.2. The van der Waals surface area contributed by atoms with Gasteiger partial charge in [0.1, 0.15) is 11.3 Å². The molecule has 2 aromatic heterocycles. The van der Waals surface area contributed by atoms with Gasteiger partial charge in [-0.15, -0.1) is 5.10 Å². The molecule has 0 spiro atoms. The summed E-state index contributed by atoms with van der Waals surface area (Å²) in [5.41, 5.74) is 2.64. The lowest BCUT2D eigenvalue weighted by molar-refractivity contribution is -0.132. The van der Waals surface area contributed by atoms with E-state index in [1.54, 1.807) is 17.1 Å². The molecule has 26 heavy (non-hydrogen) atoms. The van der Waals surface area contributed by atoms with Gasteiger partial charge in [-0.05, 0) is 25.0 Å². The van der Waals surface area contributed by atoms with Gasteiger partial charge in [0.15, 0.2) is 0 Å². The molecule has 1 fully saturated rings. The number of benzene rings is 1. The molecule has 8 nitrogen and oxygen atoms in total. The molecular formula is C18H21N7O. The number of nitrogens with one attached hydrogen (secondary N) is 1. The molecule has 1 aliphatic heterocycles. The summed E-state index contributed by atoms with van der Waals surface area (Å²) >= 11 is 0. The second kappa shape index (κ2) is 7.07. The monoisotopic (exact) mass is 351 g/mol. The Kier molecular flexibility index (Phi) is 4.47. The van der Waals surface area contributed by atoms with Gasteiger partial charge < -0.3 is 10.2 Å². The van der Waals surface area contributed by atoms with Crippen molar-refractivity contribution in [2.75, 3.05) is 18.9 Å². The number of amides is 1. The van der Waals surface area contributed by atoms with E-state index in [4.69, 9.17) is 0 Å². The van der Waals surface area contributed by atoms with Crippen molar-refractivity contribution in [1.82, 2.24) is 29.9 Å². The number of fused-ring (bicyclic) bond motifs is 1. The van der Waals surface area contributed by atoms with E-state index in [1.165, 1.54) is 0 Å². The van der Waals surface area contributed by atoms with Crippen molar-refractivity contribution in [3.8, 4) is 0 Å². The standard InChI is InChI=1S/C18H21N7O/c1-19-17-12-20-11-14(21-17)15-7-4-9-24(15)18(26)8-10-25-16-6-3-2-5-13(16)22-23-25/h2-3,5-6,11-12,15H,4,7-10H2,1H3,(H,19,21)/t15-/m0/s1. The van der Waals surface area contributed by atoms with Crippen LogP contribution in [0.4, 0.5) is 5.82 Å². The molecule has 3 heterocycles. The molecule has 134 valence electrons. The smallest absolute Gasteiger partial charge is 0.225 e. The number of anilines is 1. The average molecular weight is 351 g/mol. The summed E-state index contributed by atoms with van der Waals surface area (Å²) < 4.78 is 1.79. The number of likely N-dealkylation sites (tertiary alicyclic amines) is 1. The Morgan fingerprint density at radius 1 is 1.31 bits per heavy atom. The lowest BCUT2D eigenvalue weighted by Crippen LogP contribution is -2.31. The summed E-state index contributed by atoms with van der Waals surface area (Å²) in [7, 11) is 1.81. The molecule has 0 unspecified atom stereocenters. The van der Waals surface area contributed by atoms with Gasteiger partial charge in [-0.1, -0.05) is 17.3 Å². The van der Waals surface area contributed by atoms with Gasteiger partial charge in [0.05, 0.1) is 36.2 Å². The first-order valence-corrected chi connectivity index (χ1v) is 8.83. The Balaban J connectivity index is 1.46. The Morgan fingerprint density at radius 2 is 2.19 bits per heavy atom. The minimum Gasteiger partial charge on any atom is -0.372 e. The lowest BCUT2D eigenvalue weighted by Gasteiger charge is -2.24. The summed E-state index contributed by atoms with van der Waals surface area (Å²) in [6.45, 7) is 1.28. The van der Waals surface area contributed by atoms with E-state index in [1.807, 2.05) is 36.2 Å². The first kappa shape index (κ1) is 16.4. The van der Waals surface area contributed by atoms with Gasteiger partial charge in [-0.25, -0.2) is 9.67 Å². The largest absolute Gasteiger partial charge is 0.372 e. The van der Waals surface area contributed by atoms with Crippen LogP contribution in [0.1, 0.15) is 31.0 Å². The Hall–Kier alpha value is -3.03. The molecule has 4 rings (SSSR count). The second-order valence-electron chi connectivity index (χ2n) is 6.38. The molecule has 1 N–H and O–H groups in total. The fourth-order valence-corrected chi connectivity index (χ4v) is 3.46. The van der Waals surface area contributed by atoms with Crippen LogP contribution in [0.25, 0.3) is 11.0 Å². The molecule has 8 heteroatoms. The minimum absolute atomic E-state index is 0.00390. The third-order valence-electron chi connectivity index (χ3n) is 4.78. The van der Waals surface area contributed by atoms with Crippen molar-refractivity contribution in [3.05, 3.63) is 42.4 Å². The maximum absolute atomic E-state index is 12.8. The third kappa shape index (κ3) is 3.10. The first-order valence-electron chi connectivity index (χ1n) is 8.83. The van der Waals surface area contributed by atoms with Crippen molar-refractivity contribution in [2.24, 2.45) is 0 Å². The van der Waals surface area contributed by atoms with E-state index in [0.29, 0.717) is 13.0 Å². The summed E-state index contributed by atoms with van der Waals surface area (Å²) in [4.78, 5) is 23.5. The number of nitrogens with zero attached hydrogens (tertiary/aromatic N) is 6. The van der Waals surface area contributed by atoms with Gasteiger partial charge in [0.25, 0.3) is 0 Å². The zero-order valence-electron chi connectivity index (χ0n) is 14.7. The summed E-state index contributed by atoms with van der Waals surface area (Å²) in [5.74, 6) is 0.833. The minimum atomic E-state index is -0.00390. The molecule has 1 atom stereocenters. The fraction of sp³-hybridized carbons (Fsp3) is 0.389. The fourth-order valence-electron chi connectivity index (χ4n) is 3.46. The van der Waals surface area contributed by atoms with E-state index in [2.05, 4.69) is 25.6 Å². The Morgan fingerprint density at radius 3 is 3.08 bits per heavy atom. The van der Waals surface area contributed by atoms with Crippen molar-refractivity contribution in [1.29, 1.82) is 0 Å². The van der Waals surface area contributed by atoms with Gasteiger partial charge in [0.2, 0.25) is 5.91 Å². The molecule has 1 aromatic carbocycles. The van der Waals surface area contributed by atoms with Gasteiger partial charge >= 0.3 is 0 Å². The molecule has 0 radical (unpaired) electrons. The van der Waals surface area contributed by atoms with E-state index < -0.39 is 0 Å². The number of aromatic nitrogens is 5. The molecule has 3 aromatic rings. The maximum atomic E-state index is 12.8. The molecule has 0 saturated carbocycles. The number of carbonyl (C=O) groups is 1. The van der Waals surface area contributed by atoms with Gasteiger partial charge in [0, 0.05) is 20.0 Å². The van der Waals surface area contributed by atoms with Crippen LogP contribution in [0, 0.1) is 0 Å². The summed E-state index contributed by atoms with van der Waals surface area (Å²) in [6.07, 6.45) is 5.72. The van der Waals surface area contributed by atoms with Crippen molar-refractivity contribution < 1.29 is 4.79 Å². The topological polar surface area (TPSA) is 88.8 Å². The summed E-state index contributed by atoms with van der Waals surface area (Å²) in [6, 6.07) is 7.77. The zero-order valence-corrected chi connectivity index (χ0v) is 14.7. The van der Waals surface area contributed by atoms with Crippen molar-refractivity contribution in [3.63, 3.8) is 0 Å². The van der Waals surface area contributed by atoms with Crippen LogP contribution >= 0.6 is 0 Å². The quantitative estimate of drug-likeness (QED) is 0.756.